The second kappa shape index (κ2) is 5.17. The van der Waals surface area contributed by atoms with Crippen molar-refractivity contribution in [3.8, 4) is 0 Å². The van der Waals surface area contributed by atoms with Crippen LogP contribution in [0.5, 0.6) is 0 Å². The highest BCUT2D eigenvalue weighted by Crippen LogP contribution is 2.30. The molecule has 3 atom stereocenters. The fourth-order valence-electron chi connectivity index (χ4n) is 2.41. The zero-order chi connectivity index (χ0) is 11.5. The molecule has 16 heavy (non-hydrogen) atoms. The second-order valence-corrected chi connectivity index (χ2v) is 5.83. The lowest BCUT2D eigenvalue weighted by Crippen LogP contribution is -2.33. The highest BCUT2D eigenvalue weighted by Gasteiger charge is 2.25. The minimum Gasteiger partial charge on any atom is -0.381 e. The van der Waals surface area contributed by atoms with Gasteiger partial charge in [-0.25, -0.2) is 4.98 Å². The predicted molar refractivity (Wildman–Crippen MR) is 71.5 cm³/mol. The third kappa shape index (κ3) is 2.97. The molecule has 0 radical (unpaired) electrons. The summed E-state index contributed by atoms with van der Waals surface area (Å²) in [5.41, 5.74) is 1.13. The first-order valence-electron chi connectivity index (χ1n) is 6.03. The molecule has 0 amide bonds. The zero-order valence-electron chi connectivity index (χ0n) is 9.91. The maximum atomic E-state index is 4.24. The lowest BCUT2D eigenvalue weighted by molar-refractivity contribution is 0.280. The number of nitrogens with zero attached hydrogens (tertiary/aromatic N) is 1. The van der Waals surface area contributed by atoms with Gasteiger partial charge < -0.3 is 5.32 Å². The Bertz CT molecular complexity index is 336. The summed E-state index contributed by atoms with van der Waals surface area (Å²) < 4.78 is 0.892. The SMILES string of the molecule is CC1CCC(C)C(Nc2ccc(Br)nc2)C1. The summed E-state index contributed by atoms with van der Waals surface area (Å²) in [6, 6.07) is 4.68. The van der Waals surface area contributed by atoms with Gasteiger partial charge >= 0.3 is 0 Å². The number of halogens is 1. The Morgan fingerprint density at radius 3 is 2.81 bits per heavy atom. The van der Waals surface area contributed by atoms with E-state index in [4.69, 9.17) is 0 Å². The van der Waals surface area contributed by atoms with E-state index in [1.54, 1.807) is 0 Å². The fraction of sp³-hybridized carbons (Fsp3) is 0.615. The quantitative estimate of drug-likeness (QED) is 0.827. The van der Waals surface area contributed by atoms with Crippen molar-refractivity contribution in [2.75, 3.05) is 5.32 Å². The van der Waals surface area contributed by atoms with Gasteiger partial charge in [-0.1, -0.05) is 20.3 Å². The van der Waals surface area contributed by atoms with Gasteiger partial charge in [-0.2, -0.15) is 0 Å². The molecule has 1 saturated carbocycles. The van der Waals surface area contributed by atoms with Crippen LogP contribution in [-0.4, -0.2) is 11.0 Å². The number of hydrogen-bond donors (Lipinski definition) is 1. The van der Waals surface area contributed by atoms with Crippen LogP contribution in [0.4, 0.5) is 5.69 Å². The maximum absolute atomic E-state index is 4.24. The molecule has 1 aliphatic rings. The van der Waals surface area contributed by atoms with E-state index in [1.807, 2.05) is 12.3 Å². The third-order valence-electron chi connectivity index (χ3n) is 3.54. The molecule has 2 nitrogen and oxygen atoms in total. The van der Waals surface area contributed by atoms with Crippen LogP contribution in [-0.2, 0) is 0 Å². The Hall–Kier alpha value is -0.570. The van der Waals surface area contributed by atoms with Crippen molar-refractivity contribution in [3.63, 3.8) is 0 Å². The average molecular weight is 283 g/mol. The molecular weight excluding hydrogens is 264 g/mol. The highest BCUT2D eigenvalue weighted by molar-refractivity contribution is 9.10. The first-order valence-corrected chi connectivity index (χ1v) is 6.82. The summed E-state index contributed by atoms with van der Waals surface area (Å²) in [6.45, 7) is 4.69. The minimum atomic E-state index is 0.603. The Morgan fingerprint density at radius 2 is 2.12 bits per heavy atom. The first-order chi connectivity index (χ1) is 7.65. The topological polar surface area (TPSA) is 24.9 Å². The normalized spacial score (nSPS) is 30.1. The van der Waals surface area contributed by atoms with Gasteiger partial charge in [0.2, 0.25) is 0 Å². The number of pyridine rings is 1. The fourth-order valence-corrected chi connectivity index (χ4v) is 2.64. The summed E-state index contributed by atoms with van der Waals surface area (Å²) >= 11 is 3.35. The van der Waals surface area contributed by atoms with Crippen LogP contribution in [0.1, 0.15) is 33.1 Å². The van der Waals surface area contributed by atoms with E-state index < -0.39 is 0 Å². The number of aromatic nitrogens is 1. The van der Waals surface area contributed by atoms with E-state index in [-0.39, 0.29) is 0 Å². The molecule has 0 aliphatic heterocycles. The van der Waals surface area contributed by atoms with Gasteiger partial charge in [-0.3, -0.25) is 0 Å². The number of hydrogen-bond acceptors (Lipinski definition) is 2. The van der Waals surface area contributed by atoms with Crippen molar-refractivity contribution in [3.05, 3.63) is 22.9 Å². The van der Waals surface area contributed by atoms with Crippen molar-refractivity contribution in [2.45, 2.75) is 39.2 Å². The van der Waals surface area contributed by atoms with Crippen molar-refractivity contribution in [2.24, 2.45) is 11.8 Å². The van der Waals surface area contributed by atoms with Crippen LogP contribution in [0.15, 0.2) is 22.9 Å². The van der Waals surface area contributed by atoms with Crippen LogP contribution in [0.3, 0.4) is 0 Å². The number of rotatable bonds is 2. The molecule has 1 aromatic heterocycles. The van der Waals surface area contributed by atoms with Gasteiger partial charge in [-0.15, -0.1) is 0 Å². The van der Waals surface area contributed by atoms with Gasteiger partial charge in [0.05, 0.1) is 11.9 Å². The summed E-state index contributed by atoms with van der Waals surface area (Å²) in [6.07, 6.45) is 5.88. The van der Waals surface area contributed by atoms with Crippen molar-refractivity contribution >= 4 is 21.6 Å². The van der Waals surface area contributed by atoms with Crippen LogP contribution < -0.4 is 5.32 Å². The van der Waals surface area contributed by atoms with Gasteiger partial charge in [0.15, 0.2) is 0 Å². The molecule has 0 bridgehead atoms. The maximum Gasteiger partial charge on any atom is 0.106 e. The molecular formula is C13H19BrN2. The molecule has 2 rings (SSSR count). The number of anilines is 1. The summed E-state index contributed by atoms with van der Waals surface area (Å²) in [5, 5.41) is 3.60. The smallest absolute Gasteiger partial charge is 0.106 e. The van der Waals surface area contributed by atoms with E-state index in [0.717, 1.165) is 22.1 Å². The van der Waals surface area contributed by atoms with E-state index in [9.17, 15) is 0 Å². The average Bonchev–Trinajstić information content (AvgIpc) is 2.27. The van der Waals surface area contributed by atoms with Crippen LogP contribution in [0, 0.1) is 11.8 Å². The van der Waals surface area contributed by atoms with Gasteiger partial charge in [-0.05, 0) is 52.7 Å². The van der Waals surface area contributed by atoms with E-state index >= 15 is 0 Å². The molecule has 0 saturated heterocycles. The lowest BCUT2D eigenvalue weighted by Gasteiger charge is -2.33. The lowest BCUT2D eigenvalue weighted by atomic mass is 9.80. The largest absolute Gasteiger partial charge is 0.381 e. The van der Waals surface area contributed by atoms with Crippen LogP contribution in [0.25, 0.3) is 0 Å². The predicted octanol–water partition coefficient (Wildman–Crippen LogP) is 4.08. The Morgan fingerprint density at radius 1 is 1.31 bits per heavy atom. The molecule has 1 heterocycles. The summed E-state index contributed by atoms with van der Waals surface area (Å²) in [4.78, 5) is 4.24. The van der Waals surface area contributed by atoms with Crippen LogP contribution >= 0.6 is 15.9 Å². The molecule has 1 aromatic rings. The Balaban J connectivity index is 2.00. The molecule has 88 valence electrons. The minimum absolute atomic E-state index is 0.603. The molecule has 1 fully saturated rings. The van der Waals surface area contributed by atoms with Gasteiger partial charge in [0, 0.05) is 6.04 Å². The monoisotopic (exact) mass is 282 g/mol. The molecule has 0 aromatic carbocycles. The second-order valence-electron chi connectivity index (χ2n) is 5.02. The summed E-state index contributed by atoms with van der Waals surface area (Å²) in [7, 11) is 0. The first kappa shape index (κ1) is 11.9. The Labute approximate surface area is 106 Å². The van der Waals surface area contributed by atoms with Gasteiger partial charge in [0.25, 0.3) is 0 Å². The van der Waals surface area contributed by atoms with E-state index in [0.29, 0.717) is 6.04 Å². The molecule has 1 N–H and O–H groups in total. The van der Waals surface area contributed by atoms with Crippen molar-refractivity contribution in [1.29, 1.82) is 0 Å². The molecule has 1 aliphatic carbocycles. The molecule has 0 spiro atoms. The van der Waals surface area contributed by atoms with Gasteiger partial charge in [0.1, 0.15) is 4.60 Å². The van der Waals surface area contributed by atoms with Crippen molar-refractivity contribution in [1.82, 2.24) is 4.98 Å². The van der Waals surface area contributed by atoms with Crippen LogP contribution in [0.2, 0.25) is 0 Å². The zero-order valence-corrected chi connectivity index (χ0v) is 11.5. The number of nitrogens with one attached hydrogen (secondary N) is 1. The van der Waals surface area contributed by atoms with Crippen molar-refractivity contribution < 1.29 is 0 Å². The summed E-state index contributed by atoms with van der Waals surface area (Å²) in [5.74, 6) is 1.61. The van der Waals surface area contributed by atoms with E-state index in [1.165, 1.54) is 19.3 Å². The van der Waals surface area contributed by atoms with E-state index in [2.05, 4.69) is 46.1 Å². The molecule has 3 heteroatoms. The standard InChI is InChI=1S/C13H19BrN2/c1-9-3-4-10(2)12(7-9)16-11-5-6-13(14)15-8-11/h5-6,8-10,12,16H,3-4,7H2,1-2H3. The molecule has 3 unspecified atom stereocenters. The third-order valence-corrected chi connectivity index (χ3v) is 4.01. The Kier molecular flexibility index (Phi) is 3.85. The highest BCUT2D eigenvalue weighted by atomic mass is 79.9.